The molecule has 0 spiro atoms. The molecule has 3 rings (SSSR count). The zero-order chi connectivity index (χ0) is 71.5. The number of nitrogens with zero attached hydrogens (tertiary/aromatic N) is 3. The van der Waals surface area contributed by atoms with Gasteiger partial charge in [0.15, 0.2) is 0 Å². The zero-order valence-electron chi connectivity index (χ0n) is 66.3. The predicted octanol–water partition coefficient (Wildman–Crippen LogP) is 18.0. The summed E-state index contributed by atoms with van der Waals surface area (Å²) < 4.78 is 68.1. The molecule has 0 amide bonds. The maximum Gasteiger partial charge on any atom is 2.00 e. The van der Waals surface area contributed by atoms with Crippen molar-refractivity contribution in [3.8, 4) is 0 Å². The van der Waals surface area contributed by atoms with Crippen molar-refractivity contribution in [3.63, 3.8) is 0 Å². The van der Waals surface area contributed by atoms with Gasteiger partial charge in [0.2, 0.25) is 30.1 Å². The van der Waals surface area contributed by atoms with E-state index in [4.69, 9.17) is 15.4 Å². The van der Waals surface area contributed by atoms with Gasteiger partial charge in [-0.05, 0) is 0 Å². The molecule has 21 heteroatoms. The second kappa shape index (κ2) is 52.5. The van der Waals surface area contributed by atoms with Crippen molar-refractivity contribution in [1.29, 1.82) is 0 Å². The molecule has 0 saturated carbocycles. The van der Waals surface area contributed by atoms with Crippen LogP contribution in [0.4, 0.5) is 0 Å². The average Bonchev–Trinajstić information content (AvgIpc) is 3.37. The summed E-state index contributed by atoms with van der Waals surface area (Å²) in [5.41, 5.74) is 8.15. The molecule has 3 aromatic rings. The number of hydrogen-bond donors (Lipinski definition) is 3. The van der Waals surface area contributed by atoms with Crippen LogP contribution in [0.1, 0.15) is 259 Å². The fourth-order valence-corrected chi connectivity index (χ4v) is 12.7. The maximum atomic E-state index is 11.4. The monoisotopic (exact) mass is 2090 g/mol. The van der Waals surface area contributed by atoms with E-state index in [1.165, 1.54) is 0 Å². The molecule has 0 aliphatic rings. The number of nitrogens with two attached hydrogens (primary N) is 3. The number of pyridine rings is 3. The summed E-state index contributed by atoms with van der Waals surface area (Å²) >= 11 is 0. The Bertz CT molecular complexity index is 2500. The van der Waals surface area contributed by atoms with Gasteiger partial charge >= 0.3 is 63.2 Å². The summed E-state index contributed by atoms with van der Waals surface area (Å²) in [6.45, 7) is 79.9. The summed E-state index contributed by atoms with van der Waals surface area (Å²) in [4.78, 5) is 12.7. The third-order valence-electron chi connectivity index (χ3n) is 18.7. The van der Waals surface area contributed by atoms with Gasteiger partial charge in [0.05, 0.1) is 0 Å². The van der Waals surface area contributed by atoms with Crippen molar-refractivity contribution in [3.05, 3.63) is 124 Å². The van der Waals surface area contributed by atoms with Gasteiger partial charge in [0, 0.05) is 115 Å². The molecule has 0 aliphatic carbocycles. The van der Waals surface area contributed by atoms with Crippen LogP contribution in [-0.2, 0) is 191 Å². The Morgan fingerprint density at radius 1 is 0.366 bits per heavy atom. The summed E-state index contributed by atoms with van der Waals surface area (Å²) in [6, 6.07) is 15.0. The molecular weight excluding hydrogens is 1960 g/mol. The number of primary sulfonamides is 3. The molecule has 93 heavy (non-hydrogen) atoms. The van der Waals surface area contributed by atoms with Gasteiger partial charge < -0.3 is 52.0 Å². The van der Waals surface area contributed by atoms with Crippen molar-refractivity contribution in [2.75, 3.05) is 17.3 Å². The fraction of sp³-hybridized carbons (Fsp3) is 0.708. The first kappa shape index (κ1) is 122. The topological polar surface area (TPSA) is 219 Å². The van der Waals surface area contributed by atoms with Crippen molar-refractivity contribution < 1.29 is 187 Å². The molecule has 12 nitrogen and oxygen atoms in total. The largest absolute Gasteiger partial charge is 2.00 e. The Morgan fingerprint density at radius 3 is 0.602 bits per heavy atom. The molecule has 0 aliphatic heterocycles. The second-order valence-electron chi connectivity index (χ2n) is 27.6. The first-order valence-corrected chi connectivity index (χ1v) is 36.2. The van der Waals surface area contributed by atoms with E-state index in [0.29, 0.717) is 0 Å². The standard InChI is InChI=1S/3C14H29NO2S.3C8H10N.3C2H6.3W.3Y/c3*1-9-13(5,6)14(7,8)11(2)12(3,4)10-18(15,16)17;3*1-6-4-5-7(2)9-8(6)3;3*1-2;;;;;;/h3*9H,10H2,1-8H3,(H2,15,16,17);3*5H,1-3H3;3*1-2H3;;;;;;/q3*-2;3*-1;;;;3*+2;;;. The third-order valence-corrected chi connectivity index (χ3v) is 22.1. The van der Waals surface area contributed by atoms with E-state index in [1.807, 2.05) is 205 Å². The summed E-state index contributed by atoms with van der Waals surface area (Å²) in [6.07, 6.45) is 6.51. The minimum Gasteiger partial charge on any atom is -0.385 e. The number of aromatic nitrogens is 3. The van der Waals surface area contributed by atoms with Crippen LogP contribution in [0.25, 0.3) is 0 Å². The van der Waals surface area contributed by atoms with E-state index in [9.17, 15) is 25.3 Å². The Labute approximate surface area is 698 Å². The van der Waals surface area contributed by atoms with Crippen molar-refractivity contribution in [1.82, 2.24) is 15.0 Å². The minimum absolute atomic E-state index is 0. The average molecular weight is 2100 g/mol. The van der Waals surface area contributed by atoms with E-state index in [0.717, 1.165) is 68.6 Å². The van der Waals surface area contributed by atoms with Crippen molar-refractivity contribution >= 4 is 30.1 Å². The molecule has 0 saturated heterocycles. The van der Waals surface area contributed by atoms with Gasteiger partial charge in [0.1, 0.15) is 0 Å². The maximum absolute atomic E-state index is 11.4. The number of rotatable bonds is 18. The van der Waals surface area contributed by atoms with Crippen LogP contribution in [0, 0.1) is 166 Å². The molecule has 3 radical (unpaired) electrons. The molecule has 0 bridgehead atoms. The predicted molar refractivity (Wildman–Crippen MR) is 381 cm³/mol. The van der Waals surface area contributed by atoms with Crippen LogP contribution in [0.15, 0.2) is 18.2 Å². The summed E-state index contributed by atoms with van der Waals surface area (Å²) in [5.74, 6) is 3.42. The Balaban J connectivity index is -0.0000000838. The van der Waals surface area contributed by atoms with Crippen LogP contribution >= 0.6 is 0 Å². The smallest absolute Gasteiger partial charge is 0.385 e. The first-order valence-electron chi connectivity index (χ1n) is 31.1. The van der Waals surface area contributed by atoms with Gasteiger partial charge in [-0.2, -0.15) is 110 Å². The van der Waals surface area contributed by atoms with E-state index >= 15 is 0 Å². The van der Waals surface area contributed by atoms with E-state index < -0.39 is 46.3 Å². The Kier molecular flexibility index (Phi) is 69.1. The molecule has 0 fully saturated rings. The number of sulfonamides is 3. The molecule has 3 heterocycles. The molecule has 537 valence electrons. The second-order valence-corrected chi connectivity index (χ2v) is 32.5. The number of aryl methyl sites for hydroxylation is 9. The number of hydrogen-bond acceptors (Lipinski definition) is 9. The first-order chi connectivity index (χ1) is 38.6. The van der Waals surface area contributed by atoms with Crippen LogP contribution in [0.3, 0.4) is 0 Å². The van der Waals surface area contributed by atoms with Gasteiger partial charge in [-0.25, -0.2) is 40.7 Å². The summed E-state index contributed by atoms with van der Waals surface area (Å²) in [5, 5.41) is 15.6. The normalized spacial score (nSPS) is 11.8. The van der Waals surface area contributed by atoms with E-state index in [1.54, 1.807) is 0 Å². The quantitative estimate of drug-likeness (QED) is 0.103. The fourth-order valence-electron chi connectivity index (χ4n) is 9.00. The molecule has 0 unspecified atom stereocenters. The van der Waals surface area contributed by atoms with Crippen LogP contribution in [0.2, 0.25) is 0 Å². The Hall–Kier alpha value is 2.56. The third kappa shape index (κ3) is 46.8. The van der Waals surface area contributed by atoms with Gasteiger partial charge in [-0.1, -0.05) is 263 Å². The molecular formula is C72H135N6O6S3W3Y3-3. The molecule has 0 aromatic carbocycles. The van der Waals surface area contributed by atoms with Crippen LogP contribution in [0.5, 0.6) is 0 Å². The van der Waals surface area contributed by atoms with Crippen molar-refractivity contribution in [2.45, 2.75) is 270 Å². The SMILES string of the molecule is CC.CC.CC.C[CH-]C(C)(C)C(C)(C)[C-](C)C(C)(C)CS(N)(=O)=O.C[CH-]C(C)(C)C(C)(C)[C-](C)C(C)(C)CS(N)(=O)=O.C[CH-]C(C)(C)C(C)(C)[C-](C)C(C)(C)CS(N)(=O)=O.Cc1c[c-]c(C)c(C)n1.Cc1c[c-]c(C)c(C)n1.Cc1c[c-]c(C)c(C)n1.[W+2].[W+2].[W+2].[Y].[Y].[Y]. The summed E-state index contributed by atoms with van der Waals surface area (Å²) in [7, 11) is -10.4. The zero-order valence-corrected chi connectivity index (χ0v) is 86.1. The van der Waals surface area contributed by atoms with Gasteiger partial charge in [-0.3, -0.25) is 0 Å². The molecule has 0 atom stereocenters. The molecule has 6 N–H and O–H groups in total. The van der Waals surface area contributed by atoms with E-state index in [2.05, 4.69) is 135 Å². The van der Waals surface area contributed by atoms with Crippen molar-refractivity contribution in [2.24, 2.45) is 64.2 Å². The Morgan fingerprint density at radius 2 is 0.505 bits per heavy atom. The van der Waals surface area contributed by atoms with E-state index in [-0.39, 0.29) is 211 Å². The van der Waals surface area contributed by atoms with Gasteiger partial charge in [-0.15, -0.1) is 32.9 Å². The molecule has 3 aromatic heterocycles. The van der Waals surface area contributed by atoms with Crippen LogP contribution in [-0.4, -0.2) is 57.5 Å². The van der Waals surface area contributed by atoms with Gasteiger partial charge in [0.25, 0.3) is 0 Å². The van der Waals surface area contributed by atoms with Crippen LogP contribution < -0.4 is 15.4 Å². The minimum atomic E-state index is -3.47.